The fourth-order valence-corrected chi connectivity index (χ4v) is 1.89. The molecule has 0 spiro atoms. The molecule has 0 aliphatic heterocycles. The van der Waals surface area contributed by atoms with E-state index >= 15 is 0 Å². The second kappa shape index (κ2) is 4.21. The first kappa shape index (κ1) is 9.96. The van der Waals surface area contributed by atoms with Crippen molar-refractivity contribution in [2.45, 2.75) is 24.8 Å². The van der Waals surface area contributed by atoms with Crippen molar-refractivity contribution in [2.24, 2.45) is 5.92 Å². The molecule has 0 aromatic carbocycles. The molecule has 72 valence electrons. The van der Waals surface area contributed by atoms with E-state index in [1.165, 1.54) is 12.8 Å². The van der Waals surface area contributed by atoms with E-state index in [0.717, 1.165) is 6.42 Å². The van der Waals surface area contributed by atoms with Gasteiger partial charge in [-0.05, 0) is 32.2 Å². The van der Waals surface area contributed by atoms with E-state index in [1.54, 1.807) is 7.11 Å². The van der Waals surface area contributed by atoms with Gasteiger partial charge in [0, 0.05) is 19.3 Å². The Bertz CT molecular complexity index is 128. The first-order valence-corrected chi connectivity index (χ1v) is 4.58. The van der Waals surface area contributed by atoms with Gasteiger partial charge in [0.1, 0.15) is 0 Å². The average molecular weight is 173 g/mol. The Morgan fingerprint density at radius 1 is 1.58 bits per heavy atom. The minimum absolute atomic E-state index is 0.0313. The molecule has 0 saturated heterocycles. The van der Waals surface area contributed by atoms with Crippen LogP contribution in [0.4, 0.5) is 0 Å². The van der Waals surface area contributed by atoms with Crippen molar-refractivity contribution in [2.75, 3.05) is 27.4 Å². The summed E-state index contributed by atoms with van der Waals surface area (Å²) in [6.07, 6.45) is 3.33. The van der Waals surface area contributed by atoms with Crippen LogP contribution in [0.1, 0.15) is 19.3 Å². The van der Waals surface area contributed by atoms with E-state index in [4.69, 9.17) is 9.84 Å². The van der Waals surface area contributed by atoms with Crippen molar-refractivity contribution < 1.29 is 9.84 Å². The minimum atomic E-state index is 0.0313. The maximum absolute atomic E-state index is 8.94. The molecule has 0 bridgehead atoms. The third kappa shape index (κ3) is 1.97. The predicted molar refractivity (Wildman–Crippen MR) is 48.1 cm³/mol. The molecule has 1 saturated carbocycles. The number of hydrogen-bond donors (Lipinski definition) is 2. The molecular formula is C9H19NO2. The zero-order chi connectivity index (χ0) is 9.03. The molecule has 0 radical (unpaired) electrons. The molecule has 1 aliphatic carbocycles. The van der Waals surface area contributed by atoms with E-state index < -0.39 is 0 Å². The van der Waals surface area contributed by atoms with Gasteiger partial charge >= 0.3 is 0 Å². The summed E-state index contributed by atoms with van der Waals surface area (Å²) in [7, 11) is 3.67. The lowest BCUT2D eigenvalue weighted by Crippen LogP contribution is -2.49. The Hall–Kier alpha value is -0.120. The number of likely N-dealkylation sites (N-methyl/N-ethyl adjacent to an activating group) is 1. The minimum Gasteiger partial charge on any atom is -0.396 e. The maximum atomic E-state index is 8.94. The molecule has 1 atom stereocenters. The van der Waals surface area contributed by atoms with Crippen LogP contribution in [-0.2, 0) is 4.74 Å². The van der Waals surface area contributed by atoms with Gasteiger partial charge in [0.15, 0.2) is 0 Å². The summed E-state index contributed by atoms with van der Waals surface area (Å²) in [5.41, 5.74) is 0.0313. The second-order valence-electron chi connectivity index (χ2n) is 3.59. The molecule has 0 aromatic rings. The highest BCUT2D eigenvalue weighted by atomic mass is 16.5. The first-order valence-electron chi connectivity index (χ1n) is 4.58. The van der Waals surface area contributed by atoms with Gasteiger partial charge in [0.05, 0.1) is 6.61 Å². The van der Waals surface area contributed by atoms with Crippen LogP contribution in [0, 0.1) is 5.92 Å². The van der Waals surface area contributed by atoms with Crippen LogP contribution in [0.2, 0.25) is 0 Å². The van der Waals surface area contributed by atoms with Gasteiger partial charge in [-0.15, -0.1) is 0 Å². The normalized spacial score (nSPS) is 22.2. The van der Waals surface area contributed by atoms with Crippen molar-refractivity contribution in [3.05, 3.63) is 0 Å². The summed E-state index contributed by atoms with van der Waals surface area (Å²) < 4.78 is 5.18. The predicted octanol–water partition coefficient (Wildman–Crippen LogP) is 0.383. The molecule has 0 aromatic heterocycles. The molecule has 0 heterocycles. The van der Waals surface area contributed by atoms with Gasteiger partial charge in [-0.25, -0.2) is 0 Å². The molecule has 0 amide bonds. The number of hydrogen-bond acceptors (Lipinski definition) is 3. The molecule has 1 aliphatic rings. The maximum Gasteiger partial charge on any atom is 0.0648 e. The van der Waals surface area contributed by atoms with E-state index in [0.29, 0.717) is 12.5 Å². The summed E-state index contributed by atoms with van der Waals surface area (Å²) in [6.45, 7) is 0.940. The lowest BCUT2D eigenvalue weighted by atomic mass is 9.91. The SMILES string of the molecule is CNC(CCO)(COC)C1CC1. The van der Waals surface area contributed by atoms with E-state index in [1.807, 2.05) is 7.05 Å². The summed E-state index contributed by atoms with van der Waals surface area (Å²) >= 11 is 0. The van der Waals surface area contributed by atoms with E-state index in [9.17, 15) is 0 Å². The smallest absolute Gasteiger partial charge is 0.0648 e. The molecule has 1 rings (SSSR count). The van der Waals surface area contributed by atoms with Gasteiger partial charge in [0.2, 0.25) is 0 Å². The molecule has 12 heavy (non-hydrogen) atoms. The van der Waals surface area contributed by atoms with Crippen LogP contribution in [0.15, 0.2) is 0 Å². The van der Waals surface area contributed by atoms with Gasteiger partial charge in [-0.3, -0.25) is 0 Å². The zero-order valence-electron chi connectivity index (χ0n) is 7.97. The summed E-state index contributed by atoms with van der Waals surface area (Å²) in [5.74, 6) is 0.703. The first-order chi connectivity index (χ1) is 5.79. The Morgan fingerprint density at radius 2 is 2.25 bits per heavy atom. The molecule has 1 fully saturated rings. The summed E-state index contributed by atoms with van der Waals surface area (Å²) in [5, 5.41) is 12.2. The van der Waals surface area contributed by atoms with Crippen molar-refractivity contribution in [1.82, 2.24) is 5.32 Å². The second-order valence-corrected chi connectivity index (χ2v) is 3.59. The average Bonchev–Trinajstić information content (AvgIpc) is 2.86. The van der Waals surface area contributed by atoms with E-state index in [2.05, 4.69) is 5.32 Å². The lowest BCUT2D eigenvalue weighted by molar-refractivity contribution is 0.0785. The van der Waals surface area contributed by atoms with Crippen LogP contribution in [-0.4, -0.2) is 38.0 Å². The molecule has 2 N–H and O–H groups in total. The van der Waals surface area contributed by atoms with Gasteiger partial charge in [-0.1, -0.05) is 0 Å². The van der Waals surface area contributed by atoms with Crippen LogP contribution in [0.3, 0.4) is 0 Å². The Morgan fingerprint density at radius 3 is 2.58 bits per heavy atom. The highest BCUT2D eigenvalue weighted by Gasteiger charge is 2.43. The Kier molecular flexibility index (Phi) is 3.50. The molecule has 3 heteroatoms. The van der Waals surface area contributed by atoms with Crippen LogP contribution in [0.25, 0.3) is 0 Å². The standard InChI is InChI=1S/C9H19NO2/c1-10-9(5-6-11,7-12-2)8-3-4-8/h8,10-11H,3-7H2,1-2H3. The Labute approximate surface area is 74.1 Å². The number of rotatable bonds is 6. The quantitative estimate of drug-likeness (QED) is 0.610. The van der Waals surface area contributed by atoms with Crippen molar-refractivity contribution in [3.63, 3.8) is 0 Å². The van der Waals surface area contributed by atoms with Crippen molar-refractivity contribution >= 4 is 0 Å². The van der Waals surface area contributed by atoms with Gasteiger partial charge < -0.3 is 15.2 Å². The number of methoxy groups -OCH3 is 1. The van der Waals surface area contributed by atoms with Gasteiger partial charge in [0.25, 0.3) is 0 Å². The largest absolute Gasteiger partial charge is 0.396 e. The number of ether oxygens (including phenoxy) is 1. The fraction of sp³-hybridized carbons (Fsp3) is 1.00. The third-order valence-electron chi connectivity index (χ3n) is 2.82. The Balaban J connectivity index is 2.51. The summed E-state index contributed by atoms with van der Waals surface area (Å²) in [4.78, 5) is 0. The number of aliphatic hydroxyl groups is 1. The fourth-order valence-electron chi connectivity index (χ4n) is 1.89. The highest BCUT2D eigenvalue weighted by Crippen LogP contribution is 2.41. The third-order valence-corrected chi connectivity index (χ3v) is 2.82. The molecular weight excluding hydrogens is 154 g/mol. The monoisotopic (exact) mass is 173 g/mol. The van der Waals surface area contributed by atoms with E-state index in [-0.39, 0.29) is 12.1 Å². The number of nitrogens with one attached hydrogen (secondary N) is 1. The van der Waals surface area contributed by atoms with Crippen molar-refractivity contribution in [1.29, 1.82) is 0 Å². The number of aliphatic hydroxyl groups excluding tert-OH is 1. The highest BCUT2D eigenvalue weighted by molar-refractivity contribution is 5.00. The lowest BCUT2D eigenvalue weighted by Gasteiger charge is -2.32. The molecule has 1 unspecified atom stereocenters. The molecule has 3 nitrogen and oxygen atoms in total. The topological polar surface area (TPSA) is 41.5 Å². The van der Waals surface area contributed by atoms with Crippen LogP contribution < -0.4 is 5.32 Å². The van der Waals surface area contributed by atoms with Crippen molar-refractivity contribution in [3.8, 4) is 0 Å². The summed E-state index contributed by atoms with van der Waals surface area (Å²) in [6, 6.07) is 0. The van der Waals surface area contributed by atoms with Crippen LogP contribution >= 0.6 is 0 Å². The van der Waals surface area contributed by atoms with Crippen LogP contribution in [0.5, 0.6) is 0 Å². The zero-order valence-corrected chi connectivity index (χ0v) is 7.97. The van der Waals surface area contributed by atoms with Gasteiger partial charge in [-0.2, -0.15) is 0 Å².